The predicted molar refractivity (Wildman–Crippen MR) is 84.0 cm³/mol. The van der Waals surface area contributed by atoms with Gasteiger partial charge in [-0.05, 0) is 62.0 Å². The van der Waals surface area contributed by atoms with Crippen molar-refractivity contribution in [2.75, 3.05) is 13.1 Å². The van der Waals surface area contributed by atoms with Crippen LogP contribution < -0.4 is 5.32 Å². The fraction of sp³-hybridized carbons (Fsp3) is 0.556. The van der Waals surface area contributed by atoms with Gasteiger partial charge in [-0.3, -0.25) is 0 Å². The average Bonchev–Trinajstić information content (AvgIpc) is 2.88. The highest BCUT2D eigenvalue weighted by Gasteiger charge is 2.31. The molecule has 1 heterocycles. The van der Waals surface area contributed by atoms with E-state index in [2.05, 4.69) is 19.2 Å². The smallest absolute Gasteiger partial charge is 0.134 e. The third-order valence-corrected chi connectivity index (χ3v) is 4.77. The largest absolute Gasteiger partial charge is 0.461 e. The third-order valence-electron chi connectivity index (χ3n) is 4.77. The Bertz CT molecular complexity index is 604. The molecule has 0 spiro atoms. The van der Waals surface area contributed by atoms with E-state index < -0.39 is 0 Å². The van der Waals surface area contributed by atoms with Crippen LogP contribution in [0.3, 0.4) is 0 Å². The molecule has 2 aromatic rings. The molecular formula is C18H24FNO. The first-order valence-corrected chi connectivity index (χ1v) is 8.07. The molecule has 1 fully saturated rings. The highest BCUT2D eigenvalue weighted by molar-refractivity contribution is 5.78. The Labute approximate surface area is 125 Å². The molecule has 3 atom stereocenters. The highest BCUT2D eigenvalue weighted by atomic mass is 19.1. The minimum Gasteiger partial charge on any atom is -0.461 e. The van der Waals surface area contributed by atoms with E-state index in [0.29, 0.717) is 11.8 Å². The summed E-state index contributed by atoms with van der Waals surface area (Å²) in [6, 6.07) is 6.81. The molecule has 3 rings (SSSR count). The van der Waals surface area contributed by atoms with Gasteiger partial charge in [-0.15, -0.1) is 0 Å². The zero-order chi connectivity index (χ0) is 14.8. The third kappa shape index (κ3) is 3.13. The first-order valence-electron chi connectivity index (χ1n) is 8.07. The lowest BCUT2D eigenvalue weighted by molar-refractivity contribution is 0.222. The van der Waals surface area contributed by atoms with Gasteiger partial charge in [0.2, 0.25) is 0 Å². The molecule has 0 saturated heterocycles. The number of halogens is 1. The minimum absolute atomic E-state index is 0.198. The number of fused-ring (bicyclic) bond motifs is 1. The standard InChI is InChI=1S/C18H24FNO/c1-3-20-11-13-5-4-12(2)8-16(13)18-10-14-9-15(19)6-7-17(14)21-18/h6-7,9-10,12-13,16,20H,3-5,8,11H2,1-2H3. The molecule has 1 aromatic heterocycles. The molecule has 21 heavy (non-hydrogen) atoms. The maximum absolute atomic E-state index is 13.3. The van der Waals surface area contributed by atoms with E-state index in [1.807, 2.05) is 6.07 Å². The van der Waals surface area contributed by atoms with Gasteiger partial charge >= 0.3 is 0 Å². The molecule has 1 aromatic carbocycles. The van der Waals surface area contributed by atoms with Crippen LogP contribution in [-0.2, 0) is 0 Å². The van der Waals surface area contributed by atoms with Crippen molar-refractivity contribution in [3.63, 3.8) is 0 Å². The molecule has 0 amide bonds. The van der Waals surface area contributed by atoms with Crippen LogP contribution in [0.4, 0.5) is 4.39 Å². The van der Waals surface area contributed by atoms with Crippen LogP contribution in [0.2, 0.25) is 0 Å². The van der Waals surface area contributed by atoms with E-state index in [1.165, 1.54) is 25.3 Å². The van der Waals surface area contributed by atoms with E-state index in [9.17, 15) is 4.39 Å². The van der Waals surface area contributed by atoms with Crippen molar-refractivity contribution in [1.82, 2.24) is 5.32 Å². The second kappa shape index (κ2) is 6.18. The van der Waals surface area contributed by atoms with E-state index in [-0.39, 0.29) is 5.82 Å². The quantitative estimate of drug-likeness (QED) is 0.882. The summed E-state index contributed by atoms with van der Waals surface area (Å²) in [5.41, 5.74) is 0.798. The van der Waals surface area contributed by atoms with Crippen LogP contribution >= 0.6 is 0 Å². The van der Waals surface area contributed by atoms with Crippen molar-refractivity contribution in [1.29, 1.82) is 0 Å². The summed E-state index contributed by atoms with van der Waals surface area (Å²) in [6.45, 7) is 6.51. The van der Waals surface area contributed by atoms with Crippen molar-refractivity contribution in [2.45, 2.75) is 39.0 Å². The fourth-order valence-electron chi connectivity index (χ4n) is 3.58. The Morgan fingerprint density at radius 1 is 1.29 bits per heavy atom. The van der Waals surface area contributed by atoms with Crippen LogP contribution in [0.1, 0.15) is 44.8 Å². The normalized spacial score (nSPS) is 26.3. The summed E-state index contributed by atoms with van der Waals surface area (Å²) in [5.74, 6) is 2.63. The maximum Gasteiger partial charge on any atom is 0.134 e. The summed E-state index contributed by atoms with van der Waals surface area (Å²) in [5, 5.41) is 4.35. The van der Waals surface area contributed by atoms with E-state index in [0.717, 1.165) is 35.7 Å². The highest BCUT2D eigenvalue weighted by Crippen LogP contribution is 2.41. The van der Waals surface area contributed by atoms with E-state index in [4.69, 9.17) is 4.42 Å². The van der Waals surface area contributed by atoms with Crippen molar-refractivity contribution < 1.29 is 8.81 Å². The Balaban J connectivity index is 1.88. The molecule has 3 unspecified atom stereocenters. The Morgan fingerprint density at radius 3 is 2.95 bits per heavy atom. The minimum atomic E-state index is -0.198. The number of benzene rings is 1. The van der Waals surface area contributed by atoms with Crippen LogP contribution in [0.5, 0.6) is 0 Å². The monoisotopic (exact) mass is 289 g/mol. The van der Waals surface area contributed by atoms with Gasteiger partial charge in [0.15, 0.2) is 0 Å². The Kier molecular flexibility index (Phi) is 4.29. The van der Waals surface area contributed by atoms with Gasteiger partial charge in [0, 0.05) is 11.3 Å². The second-order valence-corrected chi connectivity index (χ2v) is 6.42. The van der Waals surface area contributed by atoms with Gasteiger partial charge in [0.1, 0.15) is 17.2 Å². The van der Waals surface area contributed by atoms with Gasteiger partial charge in [-0.2, -0.15) is 0 Å². The summed E-state index contributed by atoms with van der Waals surface area (Å²) in [6.07, 6.45) is 3.70. The molecule has 3 heteroatoms. The number of rotatable bonds is 4. The molecule has 1 N–H and O–H groups in total. The average molecular weight is 289 g/mol. The summed E-state index contributed by atoms with van der Waals surface area (Å²) in [7, 11) is 0. The maximum atomic E-state index is 13.3. The fourth-order valence-corrected chi connectivity index (χ4v) is 3.58. The molecule has 1 aliphatic carbocycles. The summed E-state index contributed by atoms with van der Waals surface area (Å²) < 4.78 is 19.4. The van der Waals surface area contributed by atoms with Crippen LogP contribution in [0.25, 0.3) is 11.0 Å². The first-order chi connectivity index (χ1) is 10.2. The number of hydrogen-bond donors (Lipinski definition) is 1. The van der Waals surface area contributed by atoms with Crippen LogP contribution in [0.15, 0.2) is 28.7 Å². The molecule has 1 saturated carbocycles. The molecule has 114 valence electrons. The zero-order valence-electron chi connectivity index (χ0n) is 12.9. The van der Waals surface area contributed by atoms with Gasteiger partial charge in [0.05, 0.1) is 0 Å². The lowest BCUT2D eigenvalue weighted by Gasteiger charge is -2.33. The molecular weight excluding hydrogens is 265 g/mol. The van der Waals surface area contributed by atoms with E-state index in [1.54, 1.807) is 12.1 Å². The number of nitrogens with one attached hydrogen (secondary N) is 1. The lowest BCUT2D eigenvalue weighted by atomic mass is 9.73. The van der Waals surface area contributed by atoms with Crippen molar-refractivity contribution in [2.24, 2.45) is 11.8 Å². The molecule has 0 radical (unpaired) electrons. The van der Waals surface area contributed by atoms with Gasteiger partial charge in [-0.1, -0.05) is 20.3 Å². The predicted octanol–water partition coefficient (Wildman–Crippen LogP) is 4.70. The van der Waals surface area contributed by atoms with Crippen molar-refractivity contribution in [3.05, 3.63) is 35.8 Å². The molecule has 0 bridgehead atoms. The van der Waals surface area contributed by atoms with E-state index >= 15 is 0 Å². The molecule has 0 aliphatic heterocycles. The van der Waals surface area contributed by atoms with Gasteiger partial charge < -0.3 is 9.73 Å². The summed E-state index contributed by atoms with van der Waals surface area (Å²) >= 11 is 0. The summed E-state index contributed by atoms with van der Waals surface area (Å²) in [4.78, 5) is 0. The first kappa shape index (κ1) is 14.6. The Morgan fingerprint density at radius 2 is 2.14 bits per heavy atom. The number of hydrogen-bond acceptors (Lipinski definition) is 2. The molecule has 2 nitrogen and oxygen atoms in total. The van der Waals surface area contributed by atoms with Crippen LogP contribution in [-0.4, -0.2) is 13.1 Å². The Hall–Kier alpha value is -1.35. The van der Waals surface area contributed by atoms with Crippen LogP contribution in [0, 0.1) is 17.7 Å². The number of furan rings is 1. The topological polar surface area (TPSA) is 25.2 Å². The lowest BCUT2D eigenvalue weighted by Crippen LogP contribution is -2.31. The zero-order valence-corrected chi connectivity index (χ0v) is 12.9. The SMILES string of the molecule is CCNCC1CCC(C)CC1c1cc2cc(F)ccc2o1. The van der Waals surface area contributed by atoms with Crippen molar-refractivity contribution in [3.8, 4) is 0 Å². The van der Waals surface area contributed by atoms with Gasteiger partial charge in [0.25, 0.3) is 0 Å². The molecule has 1 aliphatic rings. The van der Waals surface area contributed by atoms with Gasteiger partial charge in [-0.25, -0.2) is 4.39 Å². The second-order valence-electron chi connectivity index (χ2n) is 6.42. The van der Waals surface area contributed by atoms with Crippen molar-refractivity contribution >= 4 is 11.0 Å².